The van der Waals surface area contributed by atoms with Crippen LogP contribution in [0.25, 0.3) is 0 Å². The maximum Gasteiger partial charge on any atom is 0.140 e. The van der Waals surface area contributed by atoms with Crippen molar-refractivity contribution in [3.63, 3.8) is 0 Å². The van der Waals surface area contributed by atoms with Gasteiger partial charge in [0.15, 0.2) is 0 Å². The van der Waals surface area contributed by atoms with Gasteiger partial charge in [-0.2, -0.15) is 0 Å². The summed E-state index contributed by atoms with van der Waals surface area (Å²) in [5.74, 6) is 1.15. The first kappa shape index (κ1) is 13.7. The van der Waals surface area contributed by atoms with E-state index >= 15 is 0 Å². The predicted molar refractivity (Wildman–Crippen MR) is 79.2 cm³/mol. The largest absolute Gasteiger partial charge is 0.299 e. The minimum atomic E-state index is 1.09. The third-order valence-corrected chi connectivity index (χ3v) is 3.48. The molecule has 0 aliphatic carbocycles. The summed E-state index contributed by atoms with van der Waals surface area (Å²) in [5, 5.41) is 0. The van der Waals surface area contributed by atoms with Crippen LogP contribution in [0.1, 0.15) is 44.2 Å². The summed E-state index contributed by atoms with van der Waals surface area (Å²) in [6.07, 6.45) is 6.72. The molecule has 1 rings (SSSR count). The van der Waals surface area contributed by atoms with Gasteiger partial charge in [0.25, 0.3) is 0 Å². The lowest BCUT2D eigenvalue weighted by molar-refractivity contribution is 0.805. The van der Waals surface area contributed by atoms with E-state index in [1.165, 1.54) is 30.4 Å². The Kier molecular flexibility index (Phi) is 6.09. The molecule has 16 heavy (non-hydrogen) atoms. The van der Waals surface area contributed by atoms with Crippen molar-refractivity contribution in [3.05, 3.63) is 23.4 Å². The molecule has 0 saturated carbocycles. The molecule has 2 nitrogen and oxygen atoms in total. The predicted octanol–water partition coefficient (Wildman–Crippen LogP) is 4.30. The Balaban J connectivity index is 2.84. The number of pyridine rings is 1. The molecule has 3 heteroatoms. The average Bonchev–Trinajstić information content (AvgIpc) is 2.26. The molecule has 0 amide bonds. The van der Waals surface area contributed by atoms with Crippen molar-refractivity contribution in [1.29, 1.82) is 0 Å². The monoisotopic (exact) mass is 332 g/mol. The second kappa shape index (κ2) is 7.09. The van der Waals surface area contributed by atoms with E-state index < -0.39 is 0 Å². The Morgan fingerprint density at radius 3 is 2.69 bits per heavy atom. The Bertz CT molecular complexity index is 326. The van der Waals surface area contributed by atoms with E-state index in [0.29, 0.717) is 0 Å². The summed E-state index contributed by atoms with van der Waals surface area (Å²) in [6.45, 7) is 7.64. The fourth-order valence-electron chi connectivity index (χ4n) is 1.70. The summed E-state index contributed by atoms with van der Waals surface area (Å²) in [4.78, 5) is 4.57. The van der Waals surface area contributed by atoms with Gasteiger partial charge in [-0.3, -0.25) is 3.11 Å². The van der Waals surface area contributed by atoms with Gasteiger partial charge in [-0.25, -0.2) is 4.98 Å². The normalized spacial score (nSPS) is 10.5. The lowest BCUT2D eigenvalue weighted by atomic mass is 10.1. The van der Waals surface area contributed by atoms with E-state index in [2.05, 4.69) is 57.8 Å². The Hall–Kier alpha value is -0.320. The molecule has 0 fully saturated rings. The number of nitrogens with zero attached hydrogens (tertiary/aromatic N) is 2. The summed E-state index contributed by atoms with van der Waals surface area (Å²) < 4.78 is 2.26. The molecule has 0 spiro atoms. The lowest BCUT2D eigenvalue weighted by Gasteiger charge is -2.18. The van der Waals surface area contributed by atoms with Crippen LogP contribution in [0, 0.1) is 6.92 Å². The van der Waals surface area contributed by atoms with Gasteiger partial charge in [0.1, 0.15) is 5.82 Å². The van der Waals surface area contributed by atoms with Crippen molar-refractivity contribution in [2.24, 2.45) is 0 Å². The van der Waals surface area contributed by atoms with Gasteiger partial charge in [0.2, 0.25) is 0 Å². The Morgan fingerprint density at radius 2 is 2.06 bits per heavy atom. The number of aryl methyl sites for hydroxylation is 2. The molecule has 0 aromatic carbocycles. The smallest absolute Gasteiger partial charge is 0.140 e. The molecule has 0 unspecified atom stereocenters. The van der Waals surface area contributed by atoms with Crippen LogP contribution >= 0.6 is 22.9 Å². The van der Waals surface area contributed by atoms with Gasteiger partial charge in [-0.05, 0) is 30.9 Å². The van der Waals surface area contributed by atoms with Crippen LogP contribution in [0.3, 0.4) is 0 Å². The number of halogens is 1. The van der Waals surface area contributed by atoms with Crippen LogP contribution < -0.4 is 3.11 Å². The summed E-state index contributed by atoms with van der Waals surface area (Å²) in [7, 11) is 0. The highest BCUT2D eigenvalue weighted by Crippen LogP contribution is 2.23. The number of hydrogen-bond donors (Lipinski definition) is 0. The van der Waals surface area contributed by atoms with Gasteiger partial charge >= 0.3 is 0 Å². The summed E-state index contributed by atoms with van der Waals surface area (Å²) in [5.41, 5.74) is 2.64. The lowest BCUT2D eigenvalue weighted by Crippen LogP contribution is -2.14. The van der Waals surface area contributed by atoms with Crippen LogP contribution in [0.2, 0.25) is 0 Å². The zero-order valence-corrected chi connectivity index (χ0v) is 12.6. The van der Waals surface area contributed by atoms with E-state index in [0.717, 1.165) is 18.8 Å². The maximum atomic E-state index is 4.57. The topological polar surface area (TPSA) is 16.1 Å². The molecule has 0 aliphatic rings. The first-order valence-corrected chi connectivity index (χ1v) is 7.04. The maximum absolute atomic E-state index is 4.57. The van der Waals surface area contributed by atoms with Crippen LogP contribution in [0.4, 0.5) is 5.82 Å². The molecule has 0 atom stereocenters. The van der Waals surface area contributed by atoms with E-state index in [1.807, 2.05) is 6.20 Å². The first-order chi connectivity index (χ1) is 7.69. The second-order valence-electron chi connectivity index (χ2n) is 4.18. The van der Waals surface area contributed by atoms with Gasteiger partial charge in [-0.15, -0.1) is 0 Å². The zero-order chi connectivity index (χ0) is 12.0. The van der Waals surface area contributed by atoms with Crippen molar-refractivity contribution >= 4 is 28.7 Å². The van der Waals surface area contributed by atoms with Gasteiger partial charge in [0, 0.05) is 12.7 Å². The van der Waals surface area contributed by atoms with Crippen molar-refractivity contribution in [1.82, 2.24) is 4.98 Å². The SMILES string of the molecule is CCCCN(I)c1ncc(C)cc1CCC. The molecule has 0 aliphatic heterocycles. The second-order valence-corrected chi connectivity index (χ2v) is 5.35. The van der Waals surface area contributed by atoms with Crippen LogP contribution in [-0.4, -0.2) is 11.5 Å². The molecular weight excluding hydrogens is 311 g/mol. The number of rotatable bonds is 6. The quantitative estimate of drug-likeness (QED) is 0.570. The highest BCUT2D eigenvalue weighted by atomic mass is 127. The minimum absolute atomic E-state index is 1.09. The van der Waals surface area contributed by atoms with E-state index in [1.54, 1.807) is 0 Å². The third kappa shape index (κ3) is 3.92. The Labute approximate surface area is 113 Å². The molecule has 1 aromatic rings. The number of unbranched alkanes of at least 4 members (excludes halogenated alkanes) is 1. The highest BCUT2D eigenvalue weighted by Gasteiger charge is 2.09. The summed E-state index contributed by atoms with van der Waals surface area (Å²) >= 11 is 2.38. The average molecular weight is 332 g/mol. The molecule has 1 heterocycles. The van der Waals surface area contributed by atoms with Gasteiger partial charge in [-0.1, -0.05) is 32.8 Å². The van der Waals surface area contributed by atoms with E-state index in [4.69, 9.17) is 0 Å². The van der Waals surface area contributed by atoms with Crippen molar-refractivity contribution in [2.45, 2.75) is 46.5 Å². The van der Waals surface area contributed by atoms with Crippen molar-refractivity contribution < 1.29 is 0 Å². The fraction of sp³-hybridized carbons (Fsp3) is 0.615. The van der Waals surface area contributed by atoms with Crippen LogP contribution in [-0.2, 0) is 6.42 Å². The number of hydrogen-bond acceptors (Lipinski definition) is 2. The van der Waals surface area contributed by atoms with Crippen LogP contribution in [0.5, 0.6) is 0 Å². The number of aromatic nitrogens is 1. The zero-order valence-electron chi connectivity index (χ0n) is 10.5. The molecule has 1 aromatic heterocycles. The van der Waals surface area contributed by atoms with Crippen molar-refractivity contribution in [3.8, 4) is 0 Å². The fourth-order valence-corrected chi connectivity index (χ4v) is 2.47. The molecule has 0 N–H and O–H groups in total. The van der Waals surface area contributed by atoms with Gasteiger partial charge < -0.3 is 0 Å². The number of anilines is 1. The standard InChI is InChI=1S/C13H21IN2/c1-4-6-8-16(14)13-12(7-5-2)9-11(3)10-15-13/h9-10H,4-8H2,1-3H3. The molecule has 0 radical (unpaired) electrons. The van der Waals surface area contributed by atoms with Crippen LogP contribution in [0.15, 0.2) is 12.3 Å². The van der Waals surface area contributed by atoms with Gasteiger partial charge in [0.05, 0.1) is 22.9 Å². The highest BCUT2D eigenvalue weighted by molar-refractivity contribution is 14.1. The molecular formula is C13H21IN2. The van der Waals surface area contributed by atoms with E-state index in [-0.39, 0.29) is 0 Å². The third-order valence-electron chi connectivity index (χ3n) is 2.54. The van der Waals surface area contributed by atoms with Crippen molar-refractivity contribution in [2.75, 3.05) is 9.66 Å². The summed E-state index contributed by atoms with van der Waals surface area (Å²) in [6, 6.07) is 2.27. The molecule has 0 saturated heterocycles. The van der Waals surface area contributed by atoms with E-state index in [9.17, 15) is 0 Å². The minimum Gasteiger partial charge on any atom is -0.299 e. The molecule has 0 bridgehead atoms. The Morgan fingerprint density at radius 1 is 1.31 bits per heavy atom. The first-order valence-electron chi connectivity index (χ1n) is 6.07. The molecule has 90 valence electrons.